The van der Waals surface area contributed by atoms with Crippen LogP contribution < -0.4 is 5.32 Å². The predicted molar refractivity (Wildman–Crippen MR) is 48.8 cm³/mol. The molecule has 1 unspecified atom stereocenters. The molecule has 76 valence electrons. The SMILES string of the molecule is C[C@@H](CCNC(=O)O)CCC1CO1. The smallest absolute Gasteiger partial charge is 0.404 e. The molecular formula is C9H17NO3. The predicted octanol–water partition coefficient (Wildman–Crippen LogP) is 1.46. The minimum absolute atomic E-state index is 0.495. The summed E-state index contributed by atoms with van der Waals surface area (Å²) in [5, 5.41) is 10.7. The Bertz CT molecular complexity index is 168. The van der Waals surface area contributed by atoms with Gasteiger partial charge in [0.15, 0.2) is 0 Å². The molecule has 0 aromatic rings. The molecule has 1 saturated heterocycles. The van der Waals surface area contributed by atoms with Crippen LogP contribution in [0.5, 0.6) is 0 Å². The van der Waals surface area contributed by atoms with Gasteiger partial charge in [-0.3, -0.25) is 0 Å². The van der Waals surface area contributed by atoms with E-state index in [0.29, 0.717) is 18.6 Å². The van der Waals surface area contributed by atoms with Gasteiger partial charge in [-0.05, 0) is 25.2 Å². The molecule has 1 aliphatic rings. The van der Waals surface area contributed by atoms with Crippen LogP contribution in [0.4, 0.5) is 4.79 Å². The standard InChI is InChI=1S/C9H17NO3/c1-7(2-3-8-6-13-8)4-5-10-9(11)12/h7-8,10H,2-6H2,1H3,(H,11,12)/t7-,8?/m1/s1. The number of hydrogen-bond donors (Lipinski definition) is 2. The summed E-state index contributed by atoms with van der Waals surface area (Å²) in [4.78, 5) is 10.1. The van der Waals surface area contributed by atoms with Crippen molar-refractivity contribution in [3.63, 3.8) is 0 Å². The Morgan fingerprint density at radius 1 is 1.69 bits per heavy atom. The quantitative estimate of drug-likeness (QED) is 0.619. The number of amides is 1. The van der Waals surface area contributed by atoms with Gasteiger partial charge in [0, 0.05) is 6.54 Å². The number of hydrogen-bond acceptors (Lipinski definition) is 2. The first kappa shape index (κ1) is 10.3. The van der Waals surface area contributed by atoms with Crippen molar-refractivity contribution in [3.05, 3.63) is 0 Å². The molecule has 4 heteroatoms. The van der Waals surface area contributed by atoms with Crippen LogP contribution in [0.2, 0.25) is 0 Å². The summed E-state index contributed by atoms with van der Waals surface area (Å²) < 4.78 is 5.09. The van der Waals surface area contributed by atoms with Gasteiger partial charge in [0.1, 0.15) is 0 Å². The Morgan fingerprint density at radius 3 is 2.92 bits per heavy atom. The maximum atomic E-state index is 10.1. The number of carboxylic acid groups (broad SMARTS) is 1. The molecular weight excluding hydrogens is 170 g/mol. The van der Waals surface area contributed by atoms with Crippen LogP contribution in [0.3, 0.4) is 0 Å². The van der Waals surface area contributed by atoms with E-state index in [1.165, 1.54) is 0 Å². The Balaban J connectivity index is 1.90. The lowest BCUT2D eigenvalue weighted by molar-refractivity contribution is 0.193. The van der Waals surface area contributed by atoms with Crippen molar-refractivity contribution in [2.75, 3.05) is 13.2 Å². The van der Waals surface area contributed by atoms with Crippen molar-refractivity contribution in [2.45, 2.75) is 32.3 Å². The van der Waals surface area contributed by atoms with Gasteiger partial charge in [-0.25, -0.2) is 4.79 Å². The number of nitrogens with one attached hydrogen (secondary N) is 1. The van der Waals surface area contributed by atoms with Gasteiger partial charge in [-0.2, -0.15) is 0 Å². The Morgan fingerprint density at radius 2 is 2.38 bits per heavy atom. The van der Waals surface area contributed by atoms with E-state index in [1.54, 1.807) is 0 Å². The topological polar surface area (TPSA) is 61.9 Å². The maximum absolute atomic E-state index is 10.1. The molecule has 13 heavy (non-hydrogen) atoms. The molecule has 1 heterocycles. The molecule has 0 aromatic carbocycles. The first-order chi connectivity index (χ1) is 6.18. The lowest BCUT2D eigenvalue weighted by Gasteiger charge is -2.09. The van der Waals surface area contributed by atoms with E-state index < -0.39 is 6.09 Å². The van der Waals surface area contributed by atoms with E-state index in [-0.39, 0.29) is 0 Å². The second-order valence-corrected chi connectivity index (χ2v) is 3.66. The number of ether oxygens (including phenoxy) is 1. The van der Waals surface area contributed by atoms with Crippen LogP contribution in [0, 0.1) is 5.92 Å². The summed E-state index contributed by atoms with van der Waals surface area (Å²) >= 11 is 0. The number of rotatable bonds is 6. The summed E-state index contributed by atoms with van der Waals surface area (Å²) in [6.45, 7) is 3.62. The molecule has 2 N–H and O–H groups in total. The molecule has 0 aromatic heterocycles. The summed E-state index contributed by atoms with van der Waals surface area (Å²) in [5.74, 6) is 0.580. The maximum Gasteiger partial charge on any atom is 0.404 e. The van der Waals surface area contributed by atoms with E-state index in [1.807, 2.05) is 0 Å². The van der Waals surface area contributed by atoms with Gasteiger partial charge in [-0.1, -0.05) is 6.92 Å². The highest BCUT2D eigenvalue weighted by molar-refractivity contribution is 5.64. The van der Waals surface area contributed by atoms with Crippen LogP contribution in [0.15, 0.2) is 0 Å². The van der Waals surface area contributed by atoms with E-state index >= 15 is 0 Å². The highest BCUT2D eigenvalue weighted by atomic mass is 16.6. The Hall–Kier alpha value is -0.770. The molecule has 0 saturated carbocycles. The molecule has 1 aliphatic heterocycles. The monoisotopic (exact) mass is 187 g/mol. The zero-order chi connectivity index (χ0) is 9.68. The minimum Gasteiger partial charge on any atom is -0.465 e. The Labute approximate surface area is 78.3 Å². The second kappa shape index (κ2) is 5.07. The Kier molecular flexibility index (Phi) is 4.02. The molecule has 0 bridgehead atoms. The molecule has 2 atom stereocenters. The van der Waals surface area contributed by atoms with Crippen LogP contribution in [-0.2, 0) is 4.74 Å². The summed E-state index contributed by atoms with van der Waals surface area (Å²) in [6.07, 6.45) is 2.73. The zero-order valence-corrected chi connectivity index (χ0v) is 7.95. The zero-order valence-electron chi connectivity index (χ0n) is 7.95. The molecule has 1 fully saturated rings. The van der Waals surface area contributed by atoms with Crippen LogP contribution in [-0.4, -0.2) is 30.5 Å². The largest absolute Gasteiger partial charge is 0.465 e. The highest BCUT2D eigenvalue weighted by Gasteiger charge is 2.22. The number of carbonyl (C=O) groups is 1. The van der Waals surface area contributed by atoms with Gasteiger partial charge in [-0.15, -0.1) is 0 Å². The summed E-state index contributed by atoms with van der Waals surface area (Å²) in [5.41, 5.74) is 0. The molecule has 0 spiro atoms. The van der Waals surface area contributed by atoms with E-state index in [0.717, 1.165) is 25.9 Å². The highest BCUT2D eigenvalue weighted by Crippen LogP contribution is 2.20. The fraction of sp³-hybridized carbons (Fsp3) is 0.889. The molecule has 0 radical (unpaired) electrons. The van der Waals surface area contributed by atoms with Crippen molar-refractivity contribution in [3.8, 4) is 0 Å². The summed E-state index contributed by atoms with van der Waals surface area (Å²) in [7, 11) is 0. The second-order valence-electron chi connectivity index (χ2n) is 3.66. The van der Waals surface area contributed by atoms with Crippen LogP contribution in [0.1, 0.15) is 26.2 Å². The van der Waals surface area contributed by atoms with Gasteiger partial charge >= 0.3 is 6.09 Å². The number of epoxide rings is 1. The molecule has 4 nitrogen and oxygen atoms in total. The first-order valence-electron chi connectivity index (χ1n) is 4.77. The van der Waals surface area contributed by atoms with Gasteiger partial charge in [0.2, 0.25) is 0 Å². The molecule has 1 amide bonds. The van der Waals surface area contributed by atoms with Gasteiger partial charge in [0.25, 0.3) is 0 Å². The van der Waals surface area contributed by atoms with Crippen molar-refractivity contribution >= 4 is 6.09 Å². The van der Waals surface area contributed by atoms with Crippen molar-refractivity contribution in [1.29, 1.82) is 0 Å². The summed E-state index contributed by atoms with van der Waals surface area (Å²) in [6, 6.07) is 0. The van der Waals surface area contributed by atoms with Crippen molar-refractivity contribution in [2.24, 2.45) is 5.92 Å². The van der Waals surface area contributed by atoms with Gasteiger partial charge < -0.3 is 15.2 Å². The minimum atomic E-state index is -0.933. The van der Waals surface area contributed by atoms with Crippen molar-refractivity contribution < 1.29 is 14.6 Å². The lowest BCUT2D eigenvalue weighted by Crippen LogP contribution is -2.23. The van der Waals surface area contributed by atoms with Gasteiger partial charge in [0.05, 0.1) is 12.7 Å². The average molecular weight is 187 g/mol. The van der Waals surface area contributed by atoms with Crippen LogP contribution >= 0.6 is 0 Å². The first-order valence-corrected chi connectivity index (χ1v) is 4.77. The van der Waals surface area contributed by atoms with Crippen molar-refractivity contribution in [1.82, 2.24) is 5.32 Å². The van der Waals surface area contributed by atoms with E-state index in [4.69, 9.17) is 9.84 Å². The third-order valence-corrected chi connectivity index (χ3v) is 2.30. The normalized spacial score (nSPS) is 22.4. The average Bonchev–Trinajstić information content (AvgIpc) is 2.83. The fourth-order valence-corrected chi connectivity index (χ4v) is 1.27. The van der Waals surface area contributed by atoms with E-state index in [9.17, 15) is 4.79 Å². The lowest BCUT2D eigenvalue weighted by atomic mass is 10.0. The molecule has 1 rings (SSSR count). The van der Waals surface area contributed by atoms with Crippen LogP contribution in [0.25, 0.3) is 0 Å². The third-order valence-electron chi connectivity index (χ3n) is 2.30. The third kappa shape index (κ3) is 5.47. The molecule has 0 aliphatic carbocycles. The van der Waals surface area contributed by atoms with E-state index in [2.05, 4.69) is 12.2 Å². The fourth-order valence-electron chi connectivity index (χ4n) is 1.27.